The summed E-state index contributed by atoms with van der Waals surface area (Å²) in [6, 6.07) is -1.50. The zero-order valence-electron chi connectivity index (χ0n) is 12.3. The van der Waals surface area contributed by atoms with Gasteiger partial charge < -0.3 is 5.32 Å². The first-order chi connectivity index (χ1) is 10.4. The Hall–Kier alpha value is -2.45. The predicted octanol–water partition coefficient (Wildman–Crippen LogP) is -0.434. The van der Waals surface area contributed by atoms with Gasteiger partial charge in [-0.05, 0) is 12.8 Å². The lowest BCUT2D eigenvalue weighted by Crippen LogP contribution is -2.49. The highest BCUT2D eigenvalue weighted by Gasteiger charge is 2.43. The highest BCUT2D eigenvalue weighted by molar-refractivity contribution is 6.44. The van der Waals surface area contributed by atoms with Gasteiger partial charge >= 0.3 is 23.9 Å². The van der Waals surface area contributed by atoms with Crippen LogP contribution in [0.3, 0.4) is 0 Å². The molecule has 0 radical (unpaired) electrons. The molecule has 2 fully saturated rings. The monoisotopic (exact) mass is 310 g/mol. The fourth-order valence-electron chi connectivity index (χ4n) is 2.53. The second-order valence-corrected chi connectivity index (χ2v) is 5.39. The quantitative estimate of drug-likeness (QED) is 0.542. The third-order valence-electron chi connectivity index (χ3n) is 3.75. The molecule has 2 aliphatic rings. The van der Waals surface area contributed by atoms with E-state index in [1.54, 1.807) is 0 Å². The Kier molecular flexibility index (Phi) is 4.74. The SMILES string of the molecule is CN1C(=O)C(=O)N(CC(=O)NC(=O)NC2CCCCC2)C1=O. The van der Waals surface area contributed by atoms with Crippen molar-refractivity contribution in [3.8, 4) is 0 Å². The van der Waals surface area contributed by atoms with Gasteiger partial charge in [-0.1, -0.05) is 19.3 Å². The summed E-state index contributed by atoms with van der Waals surface area (Å²) in [4.78, 5) is 58.9. The molecule has 7 amide bonds. The van der Waals surface area contributed by atoms with E-state index in [-0.39, 0.29) is 6.04 Å². The molecular weight excluding hydrogens is 292 g/mol. The summed E-state index contributed by atoms with van der Waals surface area (Å²) in [6.45, 7) is -0.661. The van der Waals surface area contributed by atoms with Crippen LogP contribution < -0.4 is 10.6 Å². The van der Waals surface area contributed by atoms with Crippen molar-refractivity contribution < 1.29 is 24.0 Å². The lowest BCUT2D eigenvalue weighted by molar-refractivity contribution is -0.143. The van der Waals surface area contributed by atoms with Crippen molar-refractivity contribution in [3.05, 3.63) is 0 Å². The number of amides is 7. The molecule has 0 spiro atoms. The van der Waals surface area contributed by atoms with Crippen LogP contribution in [-0.2, 0) is 14.4 Å². The van der Waals surface area contributed by atoms with E-state index in [0.29, 0.717) is 9.80 Å². The fourth-order valence-corrected chi connectivity index (χ4v) is 2.53. The van der Waals surface area contributed by atoms with Gasteiger partial charge in [0, 0.05) is 13.1 Å². The smallest absolute Gasteiger partial charge is 0.334 e. The molecule has 1 aliphatic heterocycles. The Morgan fingerprint density at radius 2 is 1.73 bits per heavy atom. The first kappa shape index (κ1) is 15.9. The van der Waals surface area contributed by atoms with Gasteiger partial charge in [0.05, 0.1) is 0 Å². The number of likely N-dealkylation sites (N-methyl/N-ethyl adjacent to an activating group) is 1. The normalized spacial score (nSPS) is 19.6. The summed E-state index contributed by atoms with van der Waals surface area (Å²) in [6.07, 6.45) is 4.93. The third-order valence-corrected chi connectivity index (χ3v) is 3.75. The first-order valence-electron chi connectivity index (χ1n) is 7.14. The van der Waals surface area contributed by atoms with Crippen molar-refractivity contribution in [1.29, 1.82) is 0 Å². The van der Waals surface area contributed by atoms with Crippen LogP contribution in [0.15, 0.2) is 0 Å². The number of hydrogen-bond donors (Lipinski definition) is 2. The molecule has 0 aromatic rings. The zero-order valence-corrected chi connectivity index (χ0v) is 12.3. The number of carbonyl (C=O) groups excluding carboxylic acids is 5. The van der Waals surface area contributed by atoms with Crippen LogP contribution in [0.25, 0.3) is 0 Å². The van der Waals surface area contributed by atoms with Crippen LogP contribution >= 0.6 is 0 Å². The molecule has 2 rings (SSSR count). The van der Waals surface area contributed by atoms with Gasteiger partial charge in [0.15, 0.2) is 0 Å². The predicted molar refractivity (Wildman–Crippen MR) is 73.4 cm³/mol. The largest absolute Gasteiger partial charge is 0.335 e. The molecule has 120 valence electrons. The van der Waals surface area contributed by atoms with Crippen LogP contribution in [-0.4, -0.2) is 59.2 Å². The number of rotatable bonds is 3. The summed E-state index contributed by atoms with van der Waals surface area (Å²) in [5, 5.41) is 4.74. The molecule has 1 saturated heterocycles. The second kappa shape index (κ2) is 6.54. The molecule has 0 aromatic heterocycles. The van der Waals surface area contributed by atoms with Crippen LogP contribution in [0.5, 0.6) is 0 Å². The van der Waals surface area contributed by atoms with Crippen molar-refractivity contribution in [2.45, 2.75) is 38.1 Å². The molecule has 0 atom stereocenters. The summed E-state index contributed by atoms with van der Waals surface area (Å²) in [5.41, 5.74) is 0. The molecule has 9 nitrogen and oxygen atoms in total. The molecule has 1 aliphatic carbocycles. The van der Waals surface area contributed by atoms with Crippen LogP contribution in [0.1, 0.15) is 32.1 Å². The molecule has 9 heteroatoms. The van der Waals surface area contributed by atoms with Gasteiger partial charge in [0.2, 0.25) is 5.91 Å². The van der Waals surface area contributed by atoms with Gasteiger partial charge in [-0.15, -0.1) is 0 Å². The minimum Gasteiger partial charge on any atom is -0.335 e. The minimum absolute atomic E-state index is 0.0318. The van der Waals surface area contributed by atoms with Crippen LogP contribution in [0.4, 0.5) is 9.59 Å². The number of nitrogens with zero attached hydrogens (tertiary/aromatic N) is 2. The molecule has 22 heavy (non-hydrogen) atoms. The summed E-state index contributed by atoms with van der Waals surface area (Å²) < 4.78 is 0. The number of imide groups is 3. The molecular formula is C13H18N4O5. The Morgan fingerprint density at radius 3 is 2.27 bits per heavy atom. The Balaban J connectivity index is 1.82. The Bertz CT molecular complexity index is 527. The molecule has 0 aromatic carbocycles. The van der Waals surface area contributed by atoms with Gasteiger partial charge in [-0.25, -0.2) is 14.5 Å². The van der Waals surface area contributed by atoms with E-state index in [4.69, 9.17) is 0 Å². The fraction of sp³-hybridized carbons (Fsp3) is 0.615. The highest BCUT2D eigenvalue weighted by atomic mass is 16.2. The van der Waals surface area contributed by atoms with E-state index in [2.05, 4.69) is 10.6 Å². The van der Waals surface area contributed by atoms with E-state index in [0.717, 1.165) is 39.2 Å². The van der Waals surface area contributed by atoms with E-state index < -0.39 is 36.3 Å². The standard InChI is InChI=1S/C13H18N4O5/c1-16-10(19)11(20)17(13(16)22)7-9(18)15-12(21)14-8-5-3-2-4-6-8/h8H,2-7H2,1H3,(H2,14,15,18,21). The van der Waals surface area contributed by atoms with Crippen molar-refractivity contribution in [2.75, 3.05) is 13.6 Å². The summed E-state index contributed by atoms with van der Waals surface area (Å²) in [5.74, 6) is -2.89. The number of carbonyl (C=O) groups is 5. The number of nitrogens with one attached hydrogen (secondary N) is 2. The van der Waals surface area contributed by atoms with Gasteiger partial charge in [-0.2, -0.15) is 0 Å². The lowest BCUT2D eigenvalue weighted by atomic mass is 9.96. The molecule has 1 heterocycles. The minimum atomic E-state index is -1.07. The van der Waals surface area contributed by atoms with Crippen molar-refractivity contribution in [3.63, 3.8) is 0 Å². The van der Waals surface area contributed by atoms with Crippen molar-refractivity contribution in [1.82, 2.24) is 20.4 Å². The first-order valence-corrected chi connectivity index (χ1v) is 7.14. The average molecular weight is 310 g/mol. The molecule has 2 N–H and O–H groups in total. The van der Waals surface area contributed by atoms with Crippen LogP contribution in [0, 0.1) is 0 Å². The zero-order chi connectivity index (χ0) is 16.3. The van der Waals surface area contributed by atoms with E-state index in [9.17, 15) is 24.0 Å². The topological polar surface area (TPSA) is 116 Å². The maximum absolute atomic E-state index is 11.7. The third kappa shape index (κ3) is 3.41. The number of urea groups is 2. The van der Waals surface area contributed by atoms with Crippen molar-refractivity contribution in [2.24, 2.45) is 0 Å². The number of hydrogen-bond acceptors (Lipinski definition) is 5. The molecule has 1 saturated carbocycles. The van der Waals surface area contributed by atoms with Crippen LogP contribution in [0.2, 0.25) is 0 Å². The van der Waals surface area contributed by atoms with E-state index >= 15 is 0 Å². The molecule has 0 unspecified atom stereocenters. The lowest BCUT2D eigenvalue weighted by Gasteiger charge is -2.22. The maximum atomic E-state index is 11.7. The van der Waals surface area contributed by atoms with Crippen molar-refractivity contribution >= 4 is 29.8 Å². The molecule has 0 bridgehead atoms. The maximum Gasteiger partial charge on any atom is 0.334 e. The Morgan fingerprint density at radius 1 is 1.09 bits per heavy atom. The van der Waals surface area contributed by atoms with Gasteiger partial charge in [0.1, 0.15) is 6.54 Å². The summed E-state index contributed by atoms with van der Waals surface area (Å²) in [7, 11) is 1.15. The van der Waals surface area contributed by atoms with Gasteiger partial charge in [0.25, 0.3) is 0 Å². The second-order valence-electron chi connectivity index (χ2n) is 5.39. The van der Waals surface area contributed by atoms with E-state index in [1.165, 1.54) is 0 Å². The average Bonchev–Trinajstić information content (AvgIpc) is 2.66. The Labute approximate surface area is 127 Å². The van der Waals surface area contributed by atoms with Gasteiger partial charge in [-0.3, -0.25) is 24.6 Å². The van der Waals surface area contributed by atoms with E-state index in [1.807, 2.05) is 0 Å². The summed E-state index contributed by atoms with van der Waals surface area (Å²) >= 11 is 0. The highest BCUT2D eigenvalue weighted by Crippen LogP contribution is 2.17.